The highest BCUT2D eigenvalue weighted by Gasteiger charge is 2.17. The molecule has 1 atom stereocenters. The maximum atomic E-state index is 12.5. The number of hydrogen-bond acceptors (Lipinski definition) is 6. The van der Waals surface area contributed by atoms with E-state index in [0.717, 1.165) is 16.1 Å². The van der Waals surface area contributed by atoms with Crippen LogP contribution >= 0.6 is 11.3 Å². The second-order valence-corrected chi connectivity index (χ2v) is 6.38. The third-order valence-corrected chi connectivity index (χ3v) is 4.76. The van der Waals surface area contributed by atoms with E-state index in [9.17, 15) is 9.90 Å². The van der Waals surface area contributed by atoms with Gasteiger partial charge in [-0.05, 0) is 23.8 Å². The number of nitrogens with one attached hydrogen (secondary N) is 2. The number of benzene rings is 1. The summed E-state index contributed by atoms with van der Waals surface area (Å²) in [4.78, 5) is 22.4. The van der Waals surface area contributed by atoms with Crippen molar-refractivity contribution in [3.05, 3.63) is 65.2 Å². The molecule has 0 aliphatic rings. The van der Waals surface area contributed by atoms with E-state index in [1.165, 1.54) is 11.3 Å². The smallest absolute Gasteiger partial charge is 0.261 e. The van der Waals surface area contributed by atoms with Crippen molar-refractivity contribution >= 4 is 23.2 Å². The summed E-state index contributed by atoms with van der Waals surface area (Å²) in [6.07, 6.45) is 1.67. The van der Waals surface area contributed by atoms with Crippen LogP contribution in [0.25, 0.3) is 10.6 Å². The molecular weight excluding hydrogens is 336 g/mol. The fourth-order valence-corrected chi connectivity index (χ4v) is 3.24. The highest BCUT2D eigenvalue weighted by molar-refractivity contribution is 7.17. The first kappa shape index (κ1) is 17.1. The Kier molecular flexibility index (Phi) is 5.37. The molecule has 0 saturated carbocycles. The molecule has 1 aromatic carbocycles. The van der Waals surface area contributed by atoms with Gasteiger partial charge in [0.15, 0.2) is 0 Å². The highest BCUT2D eigenvalue weighted by atomic mass is 32.1. The molecule has 6 nitrogen and oxygen atoms in total. The van der Waals surface area contributed by atoms with Crippen LogP contribution in [0.5, 0.6) is 0 Å². The molecule has 7 heteroatoms. The molecule has 1 amide bonds. The largest absolute Gasteiger partial charge is 0.394 e. The molecule has 0 saturated heterocycles. The summed E-state index contributed by atoms with van der Waals surface area (Å²) in [6, 6.07) is 14.4. The van der Waals surface area contributed by atoms with E-state index in [-0.39, 0.29) is 12.5 Å². The second-order valence-electron chi connectivity index (χ2n) is 5.30. The lowest BCUT2D eigenvalue weighted by Crippen LogP contribution is -2.30. The van der Waals surface area contributed by atoms with E-state index in [2.05, 4.69) is 20.6 Å². The van der Waals surface area contributed by atoms with Crippen molar-refractivity contribution in [1.82, 2.24) is 15.3 Å². The van der Waals surface area contributed by atoms with Crippen LogP contribution in [0.15, 0.2) is 54.7 Å². The maximum absolute atomic E-state index is 12.5. The van der Waals surface area contributed by atoms with E-state index >= 15 is 0 Å². The lowest BCUT2D eigenvalue weighted by molar-refractivity contribution is 0.0920. The standard InChI is InChI=1S/C18H18N4O2S/c1-19-18-20-10-9-13(22-18)15-7-8-16(25-15)17(24)21-14(11-23)12-5-3-2-4-6-12/h2-10,14,23H,11H2,1H3,(H,21,24)(H,19,20,22). The lowest BCUT2D eigenvalue weighted by Gasteiger charge is -2.16. The quantitative estimate of drug-likeness (QED) is 0.633. The summed E-state index contributed by atoms with van der Waals surface area (Å²) in [5, 5.41) is 15.3. The number of anilines is 1. The third-order valence-electron chi connectivity index (χ3n) is 3.65. The predicted molar refractivity (Wildman–Crippen MR) is 98.6 cm³/mol. The number of thiophene rings is 1. The van der Waals surface area contributed by atoms with Crippen LogP contribution in [0.4, 0.5) is 5.95 Å². The fourth-order valence-electron chi connectivity index (χ4n) is 2.36. The average Bonchev–Trinajstić information content (AvgIpc) is 3.17. The fraction of sp³-hybridized carbons (Fsp3) is 0.167. The first-order chi connectivity index (χ1) is 12.2. The zero-order valence-electron chi connectivity index (χ0n) is 13.6. The van der Waals surface area contributed by atoms with Crippen molar-refractivity contribution < 1.29 is 9.90 Å². The topological polar surface area (TPSA) is 87.1 Å². The number of nitrogens with zero attached hydrogens (tertiary/aromatic N) is 2. The normalized spacial score (nSPS) is 11.8. The van der Waals surface area contributed by atoms with Crippen LogP contribution in [0.2, 0.25) is 0 Å². The molecule has 0 fully saturated rings. The van der Waals surface area contributed by atoms with Gasteiger partial charge in [-0.15, -0.1) is 11.3 Å². The van der Waals surface area contributed by atoms with Crippen LogP contribution in [0, 0.1) is 0 Å². The van der Waals surface area contributed by atoms with Crippen molar-refractivity contribution in [1.29, 1.82) is 0 Å². The summed E-state index contributed by atoms with van der Waals surface area (Å²) in [7, 11) is 1.75. The zero-order valence-corrected chi connectivity index (χ0v) is 14.5. The lowest BCUT2D eigenvalue weighted by atomic mass is 10.1. The van der Waals surface area contributed by atoms with Gasteiger partial charge in [0, 0.05) is 13.2 Å². The number of amides is 1. The Balaban J connectivity index is 1.76. The van der Waals surface area contributed by atoms with Gasteiger partial charge in [0.2, 0.25) is 5.95 Å². The molecule has 0 radical (unpaired) electrons. The summed E-state index contributed by atoms with van der Waals surface area (Å²) in [5.41, 5.74) is 1.62. The molecule has 3 aromatic rings. The van der Waals surface area contributed by atoms with E-state index in [4.69, 9.17) is 0 Å². The molecule has 2 aromatic heterocycles. The van der Waals surface area contributed by atoms with E-state index in [0.29, 0.717) is 10.8 Å². The Morgan fingerprint density at radius 3 is 2.72 bits per heavy atom. The van der Waals surface area contributed by atoms with Gasteiger partial charge in [0.25, 0.3) is 5.91 Å². The van der Waals surface area contributed by atoms with E-state index in [1.54, 1.807) is 25.4 Å². The van der Waals surface area contributed by atoms with Crippen molar-refractivity contribution in [3.8, 4) is 10.6 Å². The minimum atomic E-state index is -0.436. The Hall–Kier alpha value is -2.77. The first-order valence-corrected chi connectivity index (χ1v) is 8.60. The van der Waals surface area contributed by atoms with Gasteiger partial charge in [-0.2, -0.15) is 0 Å². The Bertz CT molecular complexity index is 851. The summed E-state index contributed by atoms with van der Waals surface area (Å²) in [5.74, 6) is 0.309. The van der Waals surface area contributed by atoms with Crippen LogP contribution < -0.4 is 10.6 Å². The molecule has 128 valence electrons. The van der Waals surface area contributed by atoms with Gasteiger partial charge in [-0.3, -0.25) is 4.79 Å². The molecule has 2 heterocycles. The number of aliphatic hydroxyl groups is 1. The second kappa shape index (κ2) is 7.87. The third kappa shape index (κ3) is 4.01. The Morgan fingerprint density at radius 1 is 1.20 bits per heavy atom. The predicted octanol–water partition coefficient (Wildman–Crippen LogP) is 2.71. The van der Waals surface area contributed by atoms with Crippen molar-refractivity contribution in [3.63, 3.8) is 0 Å². The van der Waals surface area contributed by atoms with Gasteiger partial charge < -0.3 is 15.7 Å². The first-order valence-electron chi connectivity index (χ1n) is 7.79. The molecule has 3 rings (SSSR count). The maximum Gasteiger partial charge on any atom is 0.261 e. The van der Waals surface area contributed by atoms with E-state index < -0.39 is 6.04 Å². The minimum Gasteiger partial charge on any atom is -0.394 e. The van der Waals surface area contributed by atoms with Crippen LogP contribution in [0.1, 0.15) is 21.3 Å². The Morgan fingerprint density at radius 2 is 2.00 bits per heavy atom. The molecule has 0 aliphatic carbocycles. The molecule has 1 unspecified atom stereocenters. The van der Waals surface area contributed by atoms with Crippen LogP contribution in [-0.2, 0) is 0 Å². The molecule has 0 aliphatic heterocycles. The van der Waals surface area contributed by atoms with Gasteiger partial charge in [-0.1, -0.05) is 30.3 Å². The average molecular weight is 354 g/mol. The highest BCUT2D eigenvalue weighted by Crippen LogP contribution is 2.27. The van der Waals surface area contributed by atoms with Crippen molar-refractivity contribution in [2.24, 2.45) is 0 Å². The number of aliphatic hydroxyl groups excluding tert-OH is 1. The SMILES string of the molecule is CNc1nccc(-c2ccc(C(=O)NC(CO)c3ccccc3)s2)n1. The van der Waals surface area contributed by atoms with Crippen LogP contribution in [0.3, 0.4) is 0 Å². The molecule has 3 N–H and O–H groups in total. The summed E-state index contributed by atoms with van der Waals surface area (Å²) < 4.78 is 0. The van der Waals surface area contributed by atoms with Crippen molar-refractivity contribution in [2.45, 2.75) is 6.04 Å². The summed E-state index contributed by atoms with van der Waals surface area (Å²) in [6.45, 7) is -0.161. The monoisotopic (exact) mass is 354 g/mol. The minimum absolute atomic E-state index is 0.161. The molecule has 0 bridgehead atoms. The van der Waals surface area contributed by atoms with Crippen LogP contribution in [-0.4, -0.2) is 34.6 Å². The zero-order chi connectivity index (χ0) is 17.6. The number of carbonyl (C=O) groups excluding carboxylic acids is 1. The van der Waals surface area contributed by atoms with E-state index in [1.807, 2.05) is 36.4 Å². The van der Waals surface area contributed by atoms with Gasteiger partial charge in [0.1, 0.15) is 0 Å². The van der Waals surface area contributed by atoms with Gasteiger partial charge in [-0.25, -0.2) is 9.97 Å². The van der Waals surface area contributed by atoms with Gasteiger partial charge in [0.05, 0.1) is 28.1 Å². The number of rotatable bonds is 6. The van der Waals surface area contributed by atoms with Crippen molar-refractivity contribution in [2.75, 3.05) is 19.0 Å². The molecule has 25 heavy (non-hydrogen) atoms. The Labute approximate surface area is 149 Å². The summed E-state index contributed by atoms with van der Waals surface area (Å²) >= 11 is 1.35. The molecular formula is C18H18N4O2S. The molecule has 0 spiro atoms. The number of hydrogen-bond donors (Lipinski definition) is 3. The number of carbonyl (C=O) groups is 1. The number of aromatic nitrogens is 2. The van der Waals surface area contributed by atoms with Gasteiger partial charge >= 0.3 is 0 Å².